The monoisotopic (exact) mass is 437 g/mol. The first kappa shape index (κ1) is 22.9. The Bertz CT molecular complexity index is 1100. The van der Waals surface area contributed by atoms with E-state index < -0.39 is 21.9 Å². The number of amides is 1. The van der Waals surface area contributed by atoms with Crippen molar-refractivity contribution >= 4 is 39.1 Å². The van der Waals surface area contributed by atoms with Crippen molar-refractivity contribution in [3.8, 4) is 5.75 Å². The maximum atomic E-state index is 12.5. The number of hydrogen-bond acceptors (Lipinski definition) is 7. The second-order valence-electron chi connectivity index (χ2n) is 6.54. The first-order valence-corrected chi connectivity index (χ1v) is 10.6. The molecule has 1 aromatic carbocycles. The van der Waals surface area contributed by atoms with Crippen LogP contribution in [0, 0.1) is 6.92 Å². The van der Waals surface area contributed by atoms with Crippen molar-refractivity contribution in [3.05, 3.63) is 40.7 Å². The molecule has 1 amide bonds. The Labute approximate surface area is 174 Å². The van der Waals surface area contributed by atoms with Gasteiger partial charge in [0.1, 0.15) is 5.75 Å². The molecule has 10 nitrogen and oxygen atoms in total. The molecular formula is C19H23N3O7S. The van der Waals surface area contributed by atoms with Gasteiger partial charge in [-0.2, -0.15) is 0 Å². The average molecular weight is 437 g/mol. The normalized spacial score (nSPS) is 11.0. The highest BCUT2D eigenvalue weighted by Gasteiger charge is 2.24. The summed E-state index contributed by atoms with van der Waals surface area (Å²) in [6.07, 6.45) is 0.791. The molecule has 3 N–H and O–H groups in total. The van der Waals surface area contributed by atoms with Gasteiger partial charge in [0.15, 0.2) is 5.78 Å². The Balaban J connectivity index is 2.27. The van der Waals surface area contributed by atoms with Gasteiger partial charge in [-0.15, -0.1) is 0 Å². The molecule has 2 aromatic rings. The molecule has 0 aliphatic heterocycles. The lowest BCUT2D eigenvalue weighted by Crippen LogP contribution is -2.17. The van der Waals surface area contributed by atoms with E-state index in [1.165, 1.54) is 39.3 Å². The summed E-state index contributed by atoms with van der Waals surface area (Å²) < 4.78 is 35.1. The van der Waals surface area contributed by atoms with E-state index in [2.05, 4.69) is 15.0 Å². The molecule has 0 saturated heterocycles. The molecule has 2 rings (SSSR count). The second-order valence-corrected chi connectivity index (χ2v) is 8.29. The van der Waals surface area contributed by atoms with E-state index in [0.29, 0.717) is 11.3 Å². The fourth-order valence-corrected chi connectivity index (χ4v) is 3.51. The van der Waals surface area contributed by atoms with Crippen LogP contribution in [0.25, 0.3) is 0 Å². The number of benzene rings is 1. The highest BCUT2D eigenvalue weighted by atomic mass is 32.2. The van der Waals surface area contributed by atoms with Crippen LogP contribution in [0.15, 0.2) is 18.2 Å². The van der Waals surface area contributed by atoms with Crippen LogP contribution in [0.3, 0.4) is 0 Å². The molecular weight excluding hydrogens is 414 g/mol. The number of ketones is 1. The Morgan fingerprint density at radius 3 is 2.37 bits per heavy atom. The standard InChI is InChI=1S/C19H23N3O7S/c1-10-17(19(25)29-4)14(21-18(10)11(2)23)9-16(24)20-12-6-7-13(15(8-12)28-3)22-30(5,26)27/h6-8,21-22H,9H2,1-5H3,(H,20,24). The smallest absolute Gasteiger partial charge is 0.339 e. The van der Waals surface area contributed by atoms with Crippen molar-refractivity contribution < 1.29 is 32.3 Å². The lowest BCUT2D eigenvalue weighted by Gasteiger charge is -2.12. The molecule has 0 unspecified atom stereocenters. The minimum atomic E-state index is -3.50. The zero-order valence-corrected chi connectivity index (χ0v) is 18.0. The van der Waals surface area contributed by atoms with E-state index in [-0.39, 0.29) is 40.6 Å². The number of aromatic nitrogens is 1. The summed E-state index contributed by atoms with van der Waals surface area (Å²) in [6.45, 7) is 2.95. The largest absolute Gasteiger partial charge is 0.494 e. The minimum Gasteiger partial charge on any atom is -0.494 e. The van der Waals surface area contributed by atoms with E-state index in [1.807, 2.05) is 0 Å². The summed E-state index contributed by atoms with van der Waals surface area (Å²) >= 11 is 0. The van der Waals surface area contributed by atoms with E-state index in [9.17, 15) is 22.8 Å². The number of sulfonamides is 1. The van der Waals surface area contributed by atoms with E-state index in [0.717, 1.165) is 6.26 Å². The summed E-state index contributed by atoms with van der Waals surface area (Å²) in [7, 11) is -0.928. The van der Waals surface area contributed by atoms with E-state index in [4.69, 9.17) is 9.47 Å². The maximum absolute atomic E-state index is 12.5. The Hall–Kier alpha value is -3.34. The van der Waals surface area contributed by atoms with Crippen LogP contribution >= 0.6 is 0 Å². The third-order valence-electron chi connectivity index (χ3n) is 4.19. The molecule has 0 aliphatic rings. The van der Waals surface area contributed by atoms with Gasteiger partial charge in [0, 0.05) is 24.4 Å². The van der Waals surface area contributed by atoms with E-state index in [1.54, 1.807) is 6.92 Å². The summed E-state index contributed by atoms with van der Waals surface area (Å²) in [5.41, 5.74) is 1.61. The molecule has 0 spiro atoms. The number of nitrogens with one attached hydrogen (secondary N) is 3. The van der Waals surface area contributed by atoms with Gasteiger partial charge in [-0.3, -0.25) is 14.3 Å². The van der Waals surface area contributed by atoms with Gasteiger partial charge in [-0.25, -0.2) is 13.2 Å². The molecule has 0 atom stereocenters. The van der Waals surface area contributed by atoms with Gasteiger partial charge in [0.25, 0.3) is 0 Å². The molecule has 162 valence electrons. The van der Waals surface area contributed by atoms with Crippen LogP contribution in [0.2, 0.25) is 0 Å². The molecule has 30 heavy (non-hydrogen) atoms. The van der Waals surface area contributed by atoms with Gasteiger partial charge in [0.05, 0.1) is 43.8 Å². The number of hydrogen-bond donors (Lipinski definition) is 3. The minimum absolute atomic E-state index is 0.142. The van der Waals surface area contributed by atoms with Crippen LogP contribution in [0.5, 0.6) is 5.75 Å². The lowest BCUT2D eigenvalue weighted by atomic mass is 10.1. The molecule has 0 radical (unpaired) electrons. The SMILES string of the molecule is COC(=O)c1c(CC(=O)Nc2ccc(NS(C)(=O)=O)c(OC)c2)[nH]c(C(C)=O)c1C. The number of rotatable bonds is 8. The number of anilines is 2. The third kappa shape index (κ3) is 5.38. The molecule has 0 fully saturated rings. The number of ether oxygens (including phenoxy) is 2. The summed E-state index contributed by atoms with van der Waals surface area (Å²) in [4.78, 5) is 39.2. The summed E-state index contributed by atoms with van der Waals surface area (Å²) in [6, 6.07) is 4.39. The molecule has 0 saturated carbocycles. The first-order chi connectivity index (χ1) is 14.0. The quantitative estimate of drug-likeness (QED) is 0.422. The van der Waals surface area contributed by atoms with Gasteiger partial charge in [-0.05, 0) is 24.6 Å². The lowest BCUT2D eigenvalue weighted by molar-refractivity contribution is -0.115. The van der Waals surface area contributed by atoms with Crippen molar-refractivity contribution in [1.29, 1.82) is 0 Å². The number of carbonyl (C=O) groups is 3. The predicted molar refractivity (Wildman–Crippen MR) is 111 cm³/mol. The van der Waals surface area contributed by atoms with Gasteiger partial charge in [-0.1, -0.05) is 0 Å². The number of esters is 1. The number of carbonyl (C=O) groups excluding carboxylic acids is 3. The first-order valence-electron chi connectivity index (χ1n) is 8.73. The Kier molecular flexibility index (Phi) is 6.88. The predicted octanol–water partition coefficient (Wildman–Crippen LogP) is 1.87. The summed E-state index contributed by atoms with van der Waals surface area (Å²) in [5, 5.41) is 2.64. The topological polar surface area (TPSA) is 144 Å². The number of aromatic amines is 1. The van der Waals surface area contributed by atoms with Crippen LogP contribution in [0.1, 0.15) is 39.0 Å². The fraction of sp³-hybridized carbons (Fsp3) is 0.316. The van der Waals surface area contributed by atoms with Gasteiger partial charge < -0.3 is 19.8 Å². The molecule has 0 bridgehead atoms. The van der Waals surface area contributed by atoms with Crippen LogP contribution in [0.4, 0.5) is 11.4 Å². The van der Waals surface area contributed by atoms with Crippen molar-refractivity contribution in [2.45, 2.75) is 20.3 Å². The zero-order chi connectivity index (χ0) is 22.6. The second kappa shape index (κ2) is 8.99. The maximum Gasteiger partial charge on any atom is 0.339 e. The molecule has 1 aromatic heterocycles. The number of Topliss-reactive ketones (excluding diaryl/α,β-unsaturated/α-hetero) is 1. The van der Waals surface area contributed by atoms with Crippen molar-refractivity contribution in [1.82, 2.24) is 4.98 Å². The average Bonchev–Trinajstić information content (AvgIpc) is 2.97. The Morgan fingerprint density at radius 2 is 1.83 bits per heavy atom. The van der Waals surface area contributed by atoms with Gasteiger partial charge >= 0.3 is 5.97 Å². The zero-order valence-electron chi connectivity index (χ0n) is 17.2. The molecule has 1 heterocycles. The van der Waals surface area contributed by atoms with Crippen LogP contribution in [-0.4, -0.2) is 51.5 Å². The van der Waals surface area contributed by atoms with Crippen molar-refractivity contribution in [2.75, 3.05) is 30.5 Å². The molecule has 0 aliphatic carbocycles. The Morgan fingerprint density at radius 1 is 1.17 bits per heavy atom. The highest BCUT2D eigenvalue weighted by molar-refractivity contribution is 7.92. The summed E-state index contributed by atoms with van der Waals surface area (Å²) in [5.74, 6) is -1.19. The van der Waals surface area contributed by atoms with Crippen LogP contribution in [-0.2, 0) is 26.0 Å². The van der Waals surface area contributed by atoms with E-state index >= 15 is 0 Å². The van der Waals surface area contributed by atoms with Crippen LogP contribution < -0.4 is 14.8 Å². The van der Waals surface area contributed by atoms with Crippen molar-refractivity contribution in [2.24, 2.45) is 0 Å². The van der Waals surface area contributed by atoms with Crippen molar-refractivity contribution in [3.63, 3.8) is 0 Å². The number of H-pyrrole nitrogens is 1. The molecule has 11 heteroatoms. The fourth-order valence-electron chi connectivity index (χ4n) is 2.94. The number of methoxy groups -OCH3 is 2. The highest BCUT2D eigenvalue weighted by Crippen LogP contribution is 2.29. The third-order valence-corrected chi connectivity index (χ3v) is 4.78. The van der Waals surface area contributed by atoms with Gasteiger partial charge in [0.2, 0.25) is 15.9 Å².